The van der Waals surface area contributed by atoms with Crippen molar-refractivity contribution in [2.45, 2.75) is 27.7 Å². The quantitative estimate of drug-likeness (QED) is 0.742. The van der Waals surface area contributed by atoms with Crippen LogP contribution in [0.15, 0.2) is 54.6 Å². The van der Waals surface area contributed by atoms with Gasteiger partial charge >= 0.3 is 0 Å². The van der Waals surface area contributed by atoms with Gasteiger partial charge in [0, 0.05) is 7.11 Å². The van der Waals surface area contributed by atoms with Crippen LogP contribution in [0.25, 0.3) is 0 Å². The first-order chi connectivity index (χ1) is 9.20. The predicted octanol–water partition coefficient (Wildman–Crippen LogP) is 4.33. The van der Waals surface area contributed by atoms with Crippen molar-refractivity contribution in [2.24, 2.45) is 0 Å². The molecule has 2 heteroatoms. The molecule has 2 aromatic rings. The van der Waals surface area contributed by atoms with Crippen LogP contribution < -0.4 is 0 Å². The molecule has 0 amide bonds. The van der Waals surface area contributed by atoms with Gasteiger partial charge in [-0.15, -0.1) is 0 Å². The molecule has 0 aromatic heterocycles. The number of hydrogen-bond acceptors (Lipinski definition) is 2. The summed E-state index contributed by atoms with van der Waals surface area (Å²) in [6.07, 6.45) is 0. The Bertz CT molecular complexity index is 376. The van der Waals surface area contributed by atoms with Gasteiger partial charge in [-0.2, -0.15) is 0 Å². The van der Waals surface area contributed by atoms with Crippen molar-refractivity contribution in [1.29, 1.82) is 0 Å². The van der Waals surface area contributed by atoms with E-state index in [1.165, 1.54) is 11.1 Å². The van der Waals surface area contributed by atoms with Gasteiger partial charge in [0.05, 0.1) is 0 Å². The Labute approximate surface area is 117 Å². The van der Waals surface area contributed by atoms with Crippen LogP contribution in [0.4, 0.5) is 0 Å². The van der Waals surface area contributed by atoms with Gasteiger partial charge in [0.2, 0.25) is 0 Å². The Hall–Kier alpha value is -1.80. The Kier molecular flexibility index (Phi) is 14.7. The Balaban J connectivity index is 0. The molecule has 0 aliphatic rings. The van der Waals surface area contributed by atoms with E-state index >= 15 is 0 Å². The van der Waals surface area contributed by atoms with Crippen LogP contribution in [0, 0.1) is 13.8 Å². The molecule has 0 bridgehead atoms. The molecule has 0 saturated carbocycles. The normalized spacial score (nSPS) is 7.68. The van der Waals surface area contributed by atoms with Crippen molar-refractivity contribution in [2.75, 3.05) is 7.11 Å². The summed E-state index contributed by atoms with van der Waals surface area (Å²) in [5.41, 5.74) is 2.74. The van der Waals surface area contributed by atoms with Crippen molar-refractivity contribution in [3.63, 3.8) is 0 Å². The monoisotopic (exact) mass is 262 g/mol. The number of rotatable bonds is 0. The molecule has 19 heavy (non-hydrogen) atoms. The summed E-state index contributed by atoms with van der Waals surface area (Å²) in [7, 11) is 1.00. The van der Waals surface area contributed by atoms with E-state index < -0.39 is 0 Å². The average molecular weight is 262 g/mol. The second kappa shape index (κ2) is 14.3. The van der Waals surface area contributed by atoms with E-state index in [9.17, 15) is 0 Å². The molecule has 2 nitrogen and oxygen atoms in total. The molecule has 0 radical (unpaired) electrons. The number of aryl methyl sites for hydroxylation is 2. The average Bonchev–Trinajstić information content (AvgIpc) is 2.48. The van der Waals surface area contributed by atoms with Gasteiger partial charge in [0.25, 0.3) is 0 Å². The topological polar surface area (TPSA) is 40.5 Å². The summed E-state index contributed by atoms with van der Waals surface area (Å²) >= 11 is 0. The molecule has 0 aliphatic heterocycles. The standard InChI is InChI=1S/C8H10.C6H6O.C2H6.CH4O/c1-7-5-3-4-6-8(7)2;7-6-4-2-1-3-5-6;2*1-2/h3-6H,1-2H3;1-5,7H;1-2H3;2H,1H3. The van der Waals surface area contributed by atoms with Gasteiger partial charge in [-0.25, -0.2) is 0 Å². The third kappa shape index (κ3) is 11.0. The van der Waals surface area contributed by atoms with Crippen LogP contribution in [-0.2, 0) is 0 Å². The zero-order valence-electron chi connectivity index (χ0n) is 12.6. The minimum Gasteiger partial charge on any atom is -0.508 e. The number of benzene rings is 2. The highest BCUT2D eigenvalue weighted by atomic mass is 16.3. The molecule has 0 fully saturated rings. The summed E-state index contributed by atoms with van der Waals surface area (Å²) in [5.74, 6) is 0.322. The fraction of sp³-hybridized carbons (Fsp3) is 0.294. The molecular weight excluding hydrogens is 236 g/mol. The first-order valence-corrected chi connectivity index (χ1v) is 6.41. The Morgan fingerprint density at radius 3 is 1.16 bits per heavy atom. The lowest BCUT2D eigenvalue weighted by atomic mass is 10.1. The van der Waals surface area contributed by atoms with Crippen molar-refractivity contribution < 1.29 is 10.2 Å². The van der Waals surface area contributed by atoms with E-state index in [2.05, 4.69) is 38.1 Å². The summed E-state index contributed by atoms with van der Waals surface area (Å²) in [5, 5.41) is 15.6. The molecule has 2 N–H and O–H groups in total. The summed E-state index contributed by atoms with van der Waals surface area (Å²) in [6, 6.07) is 17.1. The molecule has 2 rings (SSSR count). The summed E-state index contributed by atoms with van der Waals surface area (Å²) < 4.78 is 0. The van der Waals surface area contributed by atoms with E-state index in [0.717, 1.165) is 7.11 Å². The SMILES string of the molecule is CC.CO.Cc1ccccc1C.Oc1ccccc1. The third-order valence-corrected chi connectivity index (χ3v) is 2.18. The number of para-hydroxylation sites is 1. The minimum absolute atomic E-state index is 0.322. The molecule has 0 aliphatic carbocycles. The first kappa shape index (κ1) is 19.5. The molecular formula is C17H26O2. The predicted molar refractivity (Wildman–Crippen MR) is 83.5 cm³/mol. The molecule has 0 atom stereocenters. The lowest BCUT2D eigenvalue weighted by molar-refractivity contribution is 0.399. The van der Waals surface area contributed by atoms with E-state index in [0.29, 0.717) is 5.75 Å². The van der Waals surface area contributed by atoms with Crippen LogP contribution in [-0.4, -0.2) is 17.3 Å². The second-order valence-corrected chi connectivity index (χ2v) is 3.42. The molecule has 0 unspecified atom stereocenters. The largest absolute Gasteiger partial charge is 0.508 e. The highest BCUT2D eigenvalue weighted by Gasteiger charge is 1.83. The number of aliphatic hydroxyl groups is 1. The van der Waals surface area contributed by atoms with E-state index in [1.54, 1.807) is 24.3 Å². The van der Waals surface area contributed by atoms with Gasteiger partial charge in [-0.3, -0.25) is 0 Å². The van der Waals surface area contributed by atoms with Crippen molar-refractivity contribution in [1.82, 2.24) is 0 Å². The smallest absolute Gasteiger partial charge is 0.115 e. The van der Waals surface area contributed by atoms with Crippen LogP contribution in [0.1, 0.15) is 25.0 Å². The molecule has 0 heterocycles. The van der Waals surface area contributed by atoms with Crippen molar-refractivity contribution in [3.8, 4) is 5.75 Å². The van der Waals surface area contributed by atoms with Gasteiger partial charge < -0.3 is 10.2 Å². The number of aliphatic hydroxyl groups excluding tert-OH is 1. The van der Waals surface area contributed by atoms with Crippen LogP contribution in [0.3, 0.4) is 0 Å². The van der Waals surface area contributed by atoms with Crippen molar-refractivity contribution >= 4 is 0 Å². The zero-order chi connectivity index (χ0) is 15.1. The maximum Gasteiger partial charge on any atom is 0.115 e. The fourth-order valence-corrected chi connectivity index (χ4v) is 1.09. The van der Waals surface area contributed by atoms with Crippen molar-refractivity contribution in [3.05, 3.63) is 65.7 Å². The van der Waals surface area contributed by atoms with E-state index in [1.807, 2.05) is 19.9 Å². The number of aromatic hydroxyl groups is 1. The maximum atomic E-state index is 8.63. The summed E-state index contributed by atoms with van der Waals surface area (Å²) in [6.45, 7) is 8.24. The maximum absolute atomic E-state index is 8.63. The third-order valence-electron chi connectivity index (χ3n) is 2.18. The lowest BCUT2D eigenvalue weighted by Gasteiger charge is -1.93. The zero-order valence-corrected chi connectivity index (χ0v) is 12.6. The van der Waals surface area contributed by atoms with E-state index in [-0.39, 0.29) is 0 Å². The van der Waals surface area contributed by atoms with Crippen LogP contribution in [0.2, 0.25) is 0 Å². The highest BCUT2D eigenvalue weighted by Crippen LogP contribution is 2.03. The highest BCUT2D eigenvalue weighted by molar-refractivity contribution is 5.23. The number of phenolic OH excluding ortho intramolecular Hbond substituents is 1. The molecule has 106 valence electrons. The number of hydrogen-bond donors (Lipinski definition) is 2. The molecule has 2 aromatic carbocycles. The van der Waals surface area contributed by atoms with Gasteiger partial charge in [-0.1, -0.05) is 56.3 Å². The summed E-state index contributed by atoms with van der Waals surface area (Å²) in [4.78, 5) is 0. The fourth-order valence-electron chi connectivity index (χ4n) is 1.09. The Morgan fingerprint density at radius 2 is 0.947 bits per heavy atom. The van der Waals surface area contributed by atoms with Gasteiger partial charge in [-0.05, 0) is 37.1 Å². The Morgan fingerprint density at radius 1 is 0.632 bits per heavy atom. The van der Waals surface area contributed by atoms with Gasteiger partial charge in [0.15, 0.2) is 0 Å². The molecule has 0 saturated heterocycles. The van der Waals surface area contributed by atoms with Crippen LogP contribution >= 0.6 is 0 Å². The van der Waals surface area contributed by atoms with E-state index in [4.69, 9.17) is 10.2 Å². The number of phenols is 1. The first-order valence-electron chi connectivity index (χ1n) is 6.41. The lowest BCUT2D eigenvalue weighted by Crippen LogP contribution is -1.74. The molecule has 0 spiro atoms. The second-order valence-electron chi connectivity index (χ2n) is 3.42. The van der Waals surface area contributed by atoms with Crippen LogP contribution in [0.5, 0.6) is 5.75 Å². The minimum atomic E-state index is 0.322. The van der Waals surface area contributed by atoms with Gasteiger partial charge in [0.1, 0.15) is 5.75 Å².